The zero-order chi connectivity index (χ0) is 19.4. The zero-order valence-electron chi connectivity index (χ0n) is 15.5. The van der Waals surface area contributed by atoms with Gasteiger partial charge in [0, 0.05) is 28.8 Å². The molecule has 5 nitrogen and oxygen atoms in total. The highest BCUT2D eigenvalue weighted by molar-refractivity contribution is 6.30. The average molecular weight is 381 g/mol. The number of amides is 1. The van der Waals surface area contributed by atoms with Crippen molar-refractivity contribution in [2.24, 2.45) is 0 Å². The van der Waals surface area contributed by atoms with Gasteiger partial charge in [0.1, 0.15) is 0 Å². The molecule has 1 amide bonds. The minimum atomic E-state index is -0.257. The van der Waals surface area contributed by atoms with Gasteiger partial charge in [0.15, 0.2) is 0 Å². The largest absolute Gasteiger partial charge is 0.324 e. The molecule has 0 unspecified atom stereocenters. The second kappa shape index (κ2) is 7.76. The predicted octanol–water partition coefficient (Wildman–Crippen LogP) is 5.42. The number of anilines is 3. The van der Waals surface area contributed by atoms with Crippen molar-refractivity contribution in [3.05, 3.63) is 77.1 Å². The molecule has 138 valence electrons. The van der Waals surface area contributed by atoms with Gasteiger partial charge in [-0.2, -0.15) is 0 Å². The van der Waals surface area contributed by atoms with E-state index >= 15 is 0 Å². The molecule has 0 saturated carbocycles. The molecule has 3 aromatic rings. The number of halogens is 1. The Hall–Kier alpha value is -2.92. The maximum atomic E-state index is 12.4. The number of nitrogens with zero attached hydrogens (tertiary/aromatic N) is 2. The van der Waals surface area contributed by atoms with Crippen molar-refractivity contribution >= 4 is 34.8 Å². The third kappa shape index (κ3) is 5.05. The van der Waals surface area contributed by atoms with Crippen molar-refractivity contribution < 1.29 is 4.79 Å². The number of nitrogens with one attached hydrogen (secondary N) is 2. The van der Waals surface area contributed by atoms with E-state index in [0.29, 0.717) is 16.5 Å². The van der Waals surface area contributed by atoms with Crippen LogP contribution in [0.1, 0.15) is 36.7 Å². The van der Waals surface area contributed by atoms with Crippen LogP contribution >= 0.6 is 11.6 Å². The Morgan fingerprint density at radius 2 is 1.63 bits per heavy atom. The fourth-order valence-corrected chi connectivity index (χ4v) is 2.65. The molecule has 27 heavy (non-hydrogen) atoms. The van der Waals surface area contributed by atoms with E-state index in [0.717, 1.165) is 11.4 Å². The molecule has 1 heterocycles. The maximum Gasteiger partial charge on any atom is 0.258 e. The zero-order valence-corrected chi connectivity index (χ0v) is 16.2. The number of rotatable bonds is 4. The number of carbonyl (C=O) groups is 1. The predicted molar refractivity (Wildman–Crippen MR) is 110 cm³/mol. The summed E-state index contributed by atoms with van der Waals surface area (Å²) in [6.07, 6.45) is 2.97. The van der Waals surface area contributed by atoms with Crippen LogP contribution < -0.4 is 10.6 Å². The number of carbonyl (C=O) groups excluding carboxylic acids is 1. The van der Waals surface area contributed by atoms with Gasteiger partial charge in [0.25, 0.3) is 5.91 Å². The van der Waals surface area contributed by atoms with E-state index in [-0.39, 0.29) is 11.3 Å². The Balaban J connectivity index is 1.65. The molecule has 2 N–H and O–H groups in total. The summed E-state index contributed by atoms with van der Waals surface area (Å²) in [4.78, 5) is 20.8. The van der Waals surface area contributed by atoms with Gasteiger partial charge in [0.05, 0.1) is 5.56 Å². The number of aromatic nitrogens is 2. The van der Waals surface area contributed by atoms with Crippen LogP contribution in [0.3, 0.4) is 0 Å². The molecule has 2 aromatic carbocycles. The smallest absolute Gasteiger partial charge is 0.258 e. The van der Waals surface area contributed by atoms with Crippen molar-refractivity contribution in [2.45, 2.75) is 26.2 Å². The van der Waals surface area contributed by atoms with Gasteiger partial charge in [-0.1, -0.05) is 50.6 Å². The second-order valence-electron chi connectivity index (χ2n) is 7.21. The molecular weight excluding hydrogens is 360 g/mol. The Kier molecular flexibility index (Phi) is 5.42. The first-order valence-corrected chi connectivity index (χ1v) is 8.95. The molecule has 6 heteroatoms. The van der Waals surface area contributed by atoms with Crippen LogP contribution in [0.2, 0.25) is 5.02 Å². The van der Waals surface area contributed by atoms with E-state index in [1.807, 2.05) is 36.4 Å². The Labute approximate surface area is 163 Å². The molecule has 0 atom stereocenters. The SMILES string of the molecule is CC(C)(C)c1ccc(NC(=O)c2cnc(Nc3cccc(Cl)c3)nc2)cc1. The summed E-state index contributed by atoms with van der Waals surface area (Å²) in [5.74, 6) is 0.135. The van der Waals surface area contributed by atoms with Crippen molar-refractivity contribution in [1.82, 2.24) is 9.97 Å². The molecule has 3 rings (SSSR count). The Morgan fingerprint density at radius 3 is 2.22 bits per heavy atom. The fraction of sp³-hybridized carbons (Fsp3) is 0.190. The van der Waals surface area contributed by atoms with E-state index in [4.69, 9.17) is 11.6 Å². The van der Waals surface area contributed by atoms with Crippen molar-refractivity contribution in [1.29, 1.82) is 0 Å². The van der Waals surface area contributed by atoms with Gasteiger partial charge in [-0.15, -0.1) is 0 Å². The lowest BCUT2D eigenvalue weighted by atomic mass is 9.87. The van der Waals surface area contributed by atoms with E-state index < -0.39 is 0 Å². The van der Waals surface area contributed by atoms with Gasteiger partial charge in [-0.25, -0.2) is 9.97 Å². The molecule has 0 aliphatic heterocycles. The van der Waals surface area contributed by atoms with Crippen LogP contribution in [0, 0.1) is 0 Å². The minimum absolute atomic E-state index is 0.0716. The summed E-state index contributed by atoms with van der Waals surface area (Å²) >= 11 is 5.96. The Bertz CT molecular complexity index is 932. The molecule has 0 saturated heterocycles. The first-order chi connectivity index (χ1) is 12.8. The van der Waals surface area contributed by atoms with Gasteiger partial charge in [0.2, 0.25) is 5.95 Å². The van der Waals surface area contributed by atoms with Crippen molar-refractivity contribution in [3.63, 3.8) is 0 Å². The van der Waals surface area contributed by atoms with Crippen LogP contribution in [0.4, 0.5) is 17.3 Å². The quantitative estimate of drug-likeness (QED) is 0.633. The first kappa shape index (κ1) is 18.9. The van der Waals surface area contributed by atoms with E-state index in [2.05, 4.69) is 41.4 Å². The fourth-order valence-electron chi connectivity index (χ4n) is 2.46. The van der Waals surface area contributed by atoms with Gasteiger partial charge in [-0.05, 0) is 41.3 Å². The molecule has 0 bridgehead atoms. The average Bonchev–Trinajstić information content (AvgIpc) is 2.62. The highest BCUT2D eigenvalue weighted by atomic mass is 35.5. The first-order valence-electron chi connectivity index (χ1n) is 8.58. The van der Waals surface area contributed by atoms with Gasteiger partial charge < -0.3 is 10.6 Å². The Morgan fingerprint density at radius 1 is 0.963 bits per heavy atom. The van der Waals surface area contributed by atoms with Crippen molar-refractivity contribution in [2.75, 3.05) is 10.6 Å². The lowest BCUT2D eigenvalue weighted by molar-refractivity contribution is 0.102. The summed E-state index contributed by atoms with van der Waals surface area (Å²) in [5, 5.41) is 6.52. The highest BCUT2D eigenvalue weighted by Crippen LogP contribution is 2.23. The summed E-state index contributed by atoms with van der Waals surface area (Å²) in [5.41, 5.74) is 3.17. The van der Waals surface area contributed by atoms with Crippen LogP contribution in [-0.2, 0) is 5.41 Å². The monoisotopic (exact) mass is 380 g/mol. The summed E-state index contributed by atoms with van der Waals surface area (Å²) in [6, 6.07) is 15.1. The molecule has 0 aliphatic carbocycles. The van der Waals surface area contributed by atoms with Crippen LogP contribution in [0.15, 0.2) is 60.9 Å². The minimum Gasteiger partial charge on any atom is -0.324 e. The summed E-state index contributed by atoms with van der Waals surface area (Å²) in [7, 11) is 0. The van der Waals surface area contributed by atoms with Crippen LogP contribution in [0.5, 0.6) is 0 Å². The topological polar surface area (TPSA) is 66.9 Å². The maximum absolute atomic E-state index is 12.4. The summed E-state index contributed by atoms with van der Waals surface area (Å²) < 4.78 is 0. The molecule has 0 aliphatic rings. The molecule has 1 aromatic heterocycles. The third-order valence-corrected chi connectivity index (χ3v) is 4.24. The van der Waals surface area contributed by atoms with Crippen LogP contribution in [0.25, 0.3) is 0 Å². The molecule has 0 radical (unpaired) electrons. The second-order valence-corrected chi connectivity index (χ2v) is 7.65. The lowest BCUT2D eigenvalue weighted by Crippen LogP contribution is -2.14. The van der Waals surface area contributed by atoms with Gasteiger partial charge >= 0.3 is 0 Å². The highest BCUT2D eigenvalue weighted by Gasteiger charge is 2.13. The van der Waals surface area contributed by atoms with E-state index in [1.54, 1.807) is 12.1 Å². The molecular formula is C21H21ClN4O. The van der Waals surface area contributed by atoms with E-state index in [9.17, 15) is 4.79 Å². The lowest BCUT2D eigenvalue weighted by Gasteiger charge is -2.19. The van der Waals surface area contributed by atoms with E-state index in [1.165, 1.54) is 18.0 Å². The summed E-state index contributed by atoms with van der Waals surface area (Å²) in [6.45, 7) is 6.45. The normalized spacial score (nSPS) is 11.1. The number of hydrogen-bond acceptors (Lipinski definition) is 4. The number of hydrogen-bond donors (Lipinski definition) is 2. The number of benzene rings is 2. The molecule has 0 spiro atoms. The van der Waals surface area contributed by atoms with Crippen LogP contribution in [-0.4, -0.2) is 15.9 Å². The van der Waals surface area contributed by atoms with Crippen molar-refractivity contribution in [3.8, 4) is 0 Å². The molecule has 0 fully saturated rings. The van der Waals surface area contributed by atoms with Gasteiger partial charge in [-0.3, -0.25) is 4.79 Å². The standard InChI is InChI=1S/C21H21ClN4O/c1-21(2,3)15-7-9-17(10-8-15)25-19(27)14-12-23-20(24-13-14)26-18-6-4-5-16(22)11-18/h4-13H,1-3H3,(H,25,27)(H,23,24,26). The third-order valence-electron chi connectivity index (χ3n) is 4.00.